The largest absolute Gasteiger partial charge is 0.465 e. The maximum absolute atomic E-state index is 12.7. The van der Waals surface area contributed by atoms with Crippen LogP contribution in [0.1, 0.15) is 44.6 Å². The first-order valence-corrected chi connectivity index (χ1v) is 8.91. The second kappa shape index (κ2) is 8.22. The average Bonchev–Trinajstić information content (AvgIpc) is 3.28. The van der Waals surface area contributed by atoms with Gasteiger partial charge in [0.25, 0.3) is 0 Å². The van der Waals surface area contributed by atoms with Gasteiger partial charge in [0.05, 0.1) is 18.4 Å². The molecule has 3 rings (SSSR count). The number of methoxy groups -OCH3 is 1. The second-order valence-electron chi connectivity index (χ2n) is 6.51. The average molecular weight is 399 g/mol. The first-order valence-electron chi connectivity index (χ1n) is 8.91. The Bertz CT molecular complexity index is 1000. The minimum absolute atomic E-state index is 0.166. The molecule has 2 aromatic rings. The molecule has 1 aliphatic heterocycles. The Hall–Kier alpha value is -3.55. The zero-order valence-electron chi connectivity index (χ0n) is 16.5. The lowest BCUT2D eigenvalue weighted by Gasteiger charge is -2.10. The number of aromatic nitrogens is 1. The zero-order chi connectivity index (χ0) is 21.1. The third-order valence-corrected chi connectivity index (χ3v) is 4.54. The number of hydrogen-bond donors (Lipinski definition) is 1. The van der Waals surface area contributed by atoms with Crippen molar-refractivity contribution in [2.75, 3.05) is 13.9 Å². The van der Waals surface area contributed by atoms with Crippen LogP contribution in [0.3, 0.4) is 0 Å². The van der Waals surface area contributed by atoms with Crippen LogP contribution in [0.2, 0.25) is 0 Å². The number of nitrogens with one attached hydrogen (secondary N) is 1. The van der Waals surface area contributed by atoms with Crippen LogP contribution in [0, 0.1) is 13.8 Å². The van der Waals surface area contributed by atoms with Crippen LogP contribution in [-0.4, -0.2) is 42.7 Å². The van der Waals surface area contributed by atoms with Crippen LogP contribution >= 0.6 is 0 Å². The van der Waals surface area contributed by atoms with E-state index in [2.05, 4.69) is 4.98 Å². The molecule has 0 aliphatic carbocycles. The van der Waals surface area contributed by atoms with E-state index >= 15 is 0 Å². The molecule has 0 spiro atoms. The molecule has 0 unspecified atom stereocenters. The maximum atomic E-state index is 12.7. The monoisotopic (exact) mass is 399 g/mol. The van der Waals surface area contributed by atoms with Gasteiger partial charge < -0.3 is 23.9 Å². The molecular formula is C21H21NO7. The van der Waals surface area contributed by atoms with Crippen molar-refractivity contribution in [1.29, 1.82) is 0 Å². The van der Waals surface area contributed by atoms with Crippen molar-refractivity contribution in [3.05, 3.63) is 52.4 Å². The molecule has 29 heavy (non-hydrogen) atoms. The number of esters is 2. The molecule has 2 heterocycles. The van der Waals surface area contributed by atoms with Crippen molar-refractivity contribution in [3.63, 3.8) is 0 Å². The van der Waals surface area contributed by atoms with Crippen LogP contribution in [0.5, 0.6) is 11.5 Å². The van der Waals surface area contributed by atoms with E-state index in [9.17, 15) is 14.4 Å². The zero-order valence-corrected chi connectivity index (χ0v) is 16.5. The van der Waals surface area contributed by atoms with Crippen molar-refractivity contribution in [1.82, 2.24) is 4.98 Å². The van der Waals surface area contributed by atoms with Crippen LogP contribution in [0.4, 0.5) is 0 Å². The van der Waals surface area contributed by atoms with Gasteiger partial charge in [-0.25, -0.2) is 9.59 Å². The first kappa shape index (κ1) is 20.2. The van der Waals surface area contributed by atoms with Crippen LogP contribution in [0.15, 0.2) is 24.3 Å². The molecule has 0 radical (unpaired) electrons. The molecule has 152 valence electrons. The van der Waals surface area contributed by atoms with E-state index in [0.29, 0.717) is 28.3 Å². The predicted molar refractivity (Wildman–Crippen MR) is 103 cm³/mol. The lowest BCUT2D eigenvalue weighted by molar-refractivity contribution is -0.140. The SMILES string of the molecule is COC(=O)c1c(C)[nH]c(C(=O)[C@H](C)OC(=O)/C=C/c2ccc3c(c2)OCO3)c1C. The van der Waals surface area contributed by atoms with E-state index in [-0.39, 0.29) is 12.5 Å². The van der Waals surface area contributed by atoms with E-state index in [1.807, 2.05) is 0 Å². The molecular weight excluding hydrogens is 378 g/mol. The summed E-state index contributed by atoms with van der Waals surface area (Å²) >= 11 is 0. The van der Waals surface area contributed by atoms with Crippen molar-refractivity contribution in [2.45, 2.75) is 26.9 Å². The molecule has 1 atom stereocenters. The normalized spacial score (nSPS) is 13.4. The number of hydrogen-bond acceptors (Lipinski definition) is 7. The van der Waals surface area contributed by atoms with Crippen LogP contribution < -0.4 is 9.47 Å². The number of H-pyrrole nitrogens is 1. The summed E-state index contributed by atoms with van der Waals surface area (Å²) < 4.78 is 20.5. The van der Waals surface area contributed by atoms with Gasteiger partial charge in [-0.15, -0.1) is 0 Å². The van der Waals surface area contributed by atoms with Gasteiger partial charge >= 0.3 is 11.9 Å². The minimum atomic E-state index is -1.04. The van der Waals surface area contributed by atoms with E-state index in [1.165, 1.54) is 20.1 Å². The molecule has 0 fully saturated rings. The van der Waals surface area contributed by atoms with E-state index in [0.717, 1.165) is 5.56 Å². The summed E-state index contributed by atoms with van der Waals surface area (Å²) in [6, 6.07) is 5.25. The van der Waals surface area contributed by atoms with Gasteiger partial charge in [0.2, 0.25) is 12.6 Å². The van der Waals surface area contributed by atoms with Crippen molar-refractivity contribution in [3.8, 4) is 11.5 Å². The Morgan fingerprint density at radius 2 is 1.90 bits per heavy atom. The number of carbonyl (C=O) groups is 3. The lowest BCUT2D eigenvalue weighted by Crippen LogP contribution is -2.24. The number of Topliss-reactive ketones (excluding diaryl/α,β-unsaturated/α-hetero) is 1. The van der Waals surface area contributed by atoms with Crippen LogP contribution in [-0.2, 0) is 14.3 Å². The number of ketones is 1. The van der Waals surface area contributed by atoms with Gasteiger partial charge in [-0.3, -0.25) is 4.79 Å². The smallest absolute Gasteiger partial charge is 0.339 e. The number of benzene rings is 1. The highest BCUT2D eigenvalue weighted by atomic mass is 16.7. The topological polar surface area (TPSA) is 104 Å². The highest BCUT2D eigenvalue weighted by Crippen LogP contribution is 2.32. The summed E-state index contributed by atoms with van der Waals surface area (Å²) in [6.45, 7) is 4.94. The second-order valence-corrected chi connectivity index (χ2v) is 6.51. The van der Waals surface area contributed by atoms with E-state index in [1.54, 1.807) is 38.1 Å². The number of rotatable bonds is 6. The fourth-order valence-corrected chi connectivity index (χ4v) is 3.06. The van der Waals surface area contributed by atoms with Gasteiger partial charge in [0.1, 0.15) is 0 Å². The molecule has 0 saturated heterocycles. The Kier molecular flexibility index (Phi) is 5.72. The Balaban J connectivity index is 1.66. The Labute approximate surface area is 167 Å². The molecule has 8 heteroatoms. The minimum Gasteiger partial charge on any atom is -0.465 e. The number of ether oxygens (including phenoxy) is 4. The number of aryl methyl sites for hydroxylation is 1. The molecule has 0 amide bonds. The highest BCUT2D eigenvalue weighted by molar-refractivity contribution is 6.04. The van der Waals surface area contributed by atoms with E-state index in [4.69, 9.17) is 18.9 Å². The summed E-state index contributed by atoms with van der Waals surface area (Å²) in [5.74, 6) is -0.398. The summed E-state index contributed by atoms with van der Waals surface area (Å²) in [5.41, 5.74) is 2.21. The summed E-state index contributed by atoms with van der Waals surface area (Å²) in [5, 5.41) is 0. The van der Waals surface area contributed by atoms with Gasteiger partial charge in [-0.2, -0.15) is 0 Å². The molecule has 0 saturated carbocycles. The number of fused-ring (bicyclic) bond motifs is 1. The quantitative estimate of drug-likeness (QED) is 0.452. The summed E-state index contributed by atoms with van der Waals surface area (Å²) in [7, 11) is 1.27. The van der Waals surface area contributed by atoms with Crippen molar-refractivity contribution < 1.29 is 33.3 Å². The molecule has 0 bridgehead atoms. The third kappa shape index (κ3) is 4.16. The highest BCUT2D eigenvalue weighted by Gasteiger charge is 2.27. The van der Waals surface area contributed by atoms with Crippen molar-refractivity contribution in [2.24, 2.45) is 0 Å². The van der Waals surface area contributed by atoms with Crippen LogP contribution in [0.25, 0.3) is 6.08 Å². The Morgan fingerprint density at radius 1 is 1.17 bits per heavy atom. The molecule has 1 aromatic carbocycles. The molecule has 8 nitrogen and oxygen atoms in total. The van der Waals surface area contributed by atoms with Crippen molar-refractivity contribution >= 4 is 23.8 Å². The number of carbonyl (C=O) groups excluding carboxylic acids is 3. The van der Waals surface area contributed by atoms with Gasteiger partial charge in [0, 0.05) is 11.8 Å². The van der Waals surface area contributed by atoms with Gasteiger partial charge in [0.15, 0.2) is 17.6 Å². The molecule has 1 aliphatic rings. The standard InChI is InChI=1S/C21H21NO7/c1-11-18(21(25)26-4)12(2)22-19(11)20(24)13(3)29-17(23)8-6-14-5-7-15-16(9-14)28-10-27-15/h5-9,13,22H,10H2,1-4H3/b8-6+/t13-/m0/s1. The lowest BCUT2D eigenvalue weighted by atomic mass is 10.1. The van der Waals surface area contributed by atoms with Gasteiger partial charge in [-0.05, 0) is 50.1 Å². The summed E-state index contributed by atoms with van der Waals surface area (Å²) in [4.78, 5) is 39.5. The Morgan fingerprint density at radius 3 is 2.62 bits per heavy atom. The fourth-order valence-electron chi connectivity index (χ4n) is 3.06. The summed E-state index contributed by atoms with van der Waals surface area (Å²) in [6.07, 6.45) is 1.75. The first-order chi connectivity index (χ1) is 13.8. The van der Waals surface area contributed by atoms with E-state index < -0.39 is 23.8 Å². The fraction of sp³-hybridized carbons (Fsp3) is 0.286. The number of aromatic amines is 1. The molecule has 1 aromatic heterocycles. The molecule has 1 N–H and O–H groups in total. The maximum Gasteiger partial charge on any atom is 0.339 e. The van der Waals surface area contributed by atoms with Gasteiger partial charge in [-0.1, -0.05) is 6.07 Å². The predicted octanol–water partition coefficient (Wildman–Crippen LogP) is 2.97. The third-order valence-electron chi connectivity index (χ3n) is 4.54.